The van der Waals surface area contributed by atoms with E-state index in [0.717, 1.165) is 19.3 Å². The lowest BCUT2D eigenvalue weighted by atomic mass is 9.93. The molecule has 0 aliphatic heterocycles. The highest BCUT2D eigenvalue weighted by atomic mass is 35.5. The molecule has 5 nitrogen and oxygen atoms in total. The maximum absolute atomic E-state index is 10.6. The van der Waals surface area contributed by atoms with Crippen molar-refractivity contribution in [1.29, 1.82) is 0 Å². The molecule has 0 spiro atoms. The molecule has 1 fully saturated rings. The predicted octanol–water partition coefficient (Wildman–Crippen LogP) is 1.35. The minimum absolute atomic E-state index is 0.136. The summed E-state index contributed by atoms with van der Waals surface area (Å²) in [5.74, 6) is -1.13. The molecule has 1 N–H and O–H groups in total. The lowest BCUT2D eigenvalue weighted by Crippen LogP contribution is -2.18. The lowest BCUT2D eigenvalue weighted by Gasteiger charge is -2.25. The number of carboxylic acids is 1. The van der Waals surface area contributed by atoms with E-state index in [9.17, 15) is 4.79 Å². The second kappa shape index (κ2) is 2.99. The van der Waals surface area contributed by atoms with Gasteiger partial charge in [-0.25, -0.2) is 9.48 Å². The van der Waals surface area contributed by atoms with E-state index >= 15 is 0 Å². The number of hydrogen-bond acceptors (Lipinski definition) is 3. The summed E-state index contributed by atoms with van der Waals surface area (Å²) in [5, 5.41) is 16.0. The summed E-state index contributed by atoms with van der Waals surface area (Å²) >= 11 is 5.78. The minimum Gasteiger partial charge on any atom is -0.476 e. The van der Waals surface area contributed by atoms with Crippen LogP contribution in [-0.4, -0.2) is 26.1 Å². The van der Waals surface area contributed by atoms with Gasteiger partial charge in [0.2, 0.25) is 5.69 Å². The molecular weight excluding hydrogens is 194 g/mol. The summed E-state index contributed by atoms with van der Waals surface area (Å²) in [5.41, 5.74) is -0.159. The Kier molecular flexibility index (Phi) is 1.95. The molecule has 0 bridgehead atoms. The van der Waals surface area contributed by atoms with Crippen LogP contribution in [0.5, 0.6) is 0 Å². The van der Waals surface area contributed by atoms with Crippen LogP contribution in [0.4, 0.5) is 0 Å². The predicted molar refractivity (Wildman–Crippen MR) is 44.9 cm³/mol. The van der Waals surface area contributed by atoms with E-state index in [-0.39, 0.29) is 16.9 Å². The van der Waals surface area contributed by atoms with Crippen molar-refractivity contribution in [3.8, 4) is 0 Å². The van der Waals surface area contributed by atoms with Gasteiger partial charge in [0, 0.05) is 0 Å². The van der Waals surface area contributed by atoms with Crippen molar-refractivity contribution in [2.75, 3.05) is 0 Å². The van der Waals surface area contributed by atoms with E-state index in [0.29, 0.717) is 0 Å². The van der Waals surface area contributed by atoms with E-state index < -0.39 is 5.97 Å². The number of rotatable bonds is 2. The molecule has 0 atom stereocenters. The van der Waals surface area contributed by atoms with Gasteiger partial charge in [-0.3, -0.25) is 0 Å². The number of hydrogen-bond donors (Lipinski definition) is 1. The molecule has 0 saturated heterocycles. The Morgan fingerprint density at radius 1 is 1.62 bits per heavy atom. The average molecular weight is 202 g/mol. The zero-order valence-corrected chi connectivity index (χ0v) is 7.53. The van der Waals surface area contributed by atoms with Crippen molar-refractivity contribution < 1.29 is 9.90 Å². The van der Waals surface area contributed by atoms with Gasteiger partial charge in [-0.15, -0.1) is 5.10 Å². The maximum atomic E-state index is 10.6. The number of aromatic carboxylic acids is 1. The highest BCUT2D eigenvalue weighted by Crippen LogP contribution is 2.33. The first-order valence-corrected chi connectivity index (χ1v) is 4.42. The normalized spacial score (nSPS) is 17.0. The fourth-order valence-corrected chi connectivity index (χ4v) is 1.57. The molecule has 0 amide bonds. The van der Waals surface area contributed by atoms with Gasteiger partial charge in [0.05, 0.1) is 6.04 Å². The third-order valence-electron chi connectivity index (χ3n) is 2.26. The zero-order valence-electron chi connectivity index (χ0n) is 6.77. The molecule has 0 radical (unpaired) electrons. The second-order valence-electron chi connectivity index (χ2n) is 3.06. The van der Waals surface area contributed by atoms with E-state index in [1.54, 1.807) is 0 Å². The molecule has 0 aromatic carbocycles. The zero-order chi connectivity index (χ0) is 9.42. The van der Waals surface area contributed by atoms with Crippen molar-refractivity contribution >= 4 is 17.6 Å². The van der Waals surface area contributed by atoms with Crippen LogP contribution in [-0.2, 0) is 0 Å². The first kappa shape index (κ1) is 8.50. The molecule has 1 aliphatic carbocycles. The Balaban J connectivity index is 2.32. The van der Waals surface area contributed by atoms with Crippen molar-refractivity contribution in [2.45, 2.75) is 25.3 Å². The molecule has 1 aliphatic rings. The SMILES string of the molecule is O=C(O)c1nnn(C2CCC2)c1Cl. The molecule has 1 saturated carbocycles. The Labute approximate surface area is 79.3 Å². The summed E-state index contributed by atoms with van der Waals surface area (Å²) in [6.07, 6.45) is 3.15. The Morgan fingerprint density at radius 3 is 2.69 bits per heavy atom. The molecule has 2 rings (SSSR count). The summed E-state index contributed by atoms with van der Waals surface area (Å²) < 4.78 is 1.49. The van der Waals surface area contributed by atoms with Gasteiger partial charge in [-0.1, -0.05) is 16.8 Å². The molecular formula is C7H8ClN3O2. The topological polar surface area (TPSA) is 68.0 Å². The lowest BCUT2D eigenvalue weighted by molar-refractivity contribution is 0.0690. The number of halogens is 1. The quantitative estimate of drug-likeness (QED) is 0.785. The maximum Gasteiger partial charge on any atom is 0.359 e. The number of carbonyl (C=O) groups is 1. The molecule has 70 valence electrons. The van der Waals surface area contributed by atoms with Crippen molar-refractivity contribution in [3.63, 3.8) is 0 Å². The fraction of sp³-hybridized carbons (Fsp3) is 0.571. The molecule has 6 heteroatoms. The van der Waals surface area contributed by atoms with Gasteiger partial charge in [-0.2, -0.15) is 0 Å². The third-order valence-corrected chi connectivity index (χ3v) is 2.61. The van der Waals surface area contributed by atoms with E-state index in [1.165, 1.54) is 4.68 Å². The van der Waals surface area contributed by atoms with Crippen molar-refractivity contribution in [2.24, 2.45) is 0 Å². The average Bonchev–Trinajstić information content (AvgIpc) is 2.29. The van der Waals surface area contributed by atoms with Crippen molar-refractivity contribution in [1.82, 2.24) is 15.0 Å². The van der Waals surface area contributed by atoms with Crippen LogP contribution in [0.15, 0.2) is 0 Å². The highest BCUT2D eigenvalue weighted by Gasteiger charge is 2.26. The van der Waals surface area contributed by atoms with E-state index in [1.807, 2.05) is 0 Å². The first-order valence-electron chi connectivity index (χ1n) is 4.04. The monoisotopic (exact) mass is 201 g/mol. The van der Waals surface area contributed by atoms with Crippen LogP contribution < -0.4 is 0 Å². The summed E-state index contributed by atoms with van der Waals surface area (Å²) in [7, 11) is 0. The van der Waals surface area contributed by atoms with Crippen molar-refractivity contribution in [3.05, 3.63) is 10.8 Å². The first-order chi connectivity index (χ1) is 6.20. The van der Waals surface area contributed by atoms with Gasteiger partial charge in [0.25, 0.3) is 0 Å². The number of nitrogens with zero attached hydrogens (tertiary/aromatic N) is 3. The van der Waals surface area contributed by atoms with Crippen LogP contribution in [0, 0.1) is 0 Å². The van der Waals surface area contributed by atoms with Crippen LogP contribution >= 0.6 is 11.6 Å². The van der Waals surface area contributed by atoms with Gasteiger partial charge < -0.3 is 5.11 Å². The summed E-state index contributed by atoms with van der Waals surface area (Å²) in [4.78, 5) is 10.6. The Morgan fingerprint density at radius 2 is 2.31 bits per heavy atom. The van der Waals surface area contributed by atoms with Crippen LogP contribution in [0.1, 0.15) is 35.8 Å². The smallest absolute Gasteiger partial charge is 0.359 e. The van der Waals surface area contributed by atoms with Crippen LogP contribution in [0.3, 0.4) is 0 Å². The summed E-state index contributed by atoms with van der Waals surface area (Å²) in [6, 6.07) is 0.244. The minimum atomic E-state index is -1.13. The van der Waals surface area contributed by atoms with Crippen LogP contribution in [0.25, 0.3) is 0 Å². The van der Waals surface area contributed by atoms with Gasteiger partial charge >= 0.3 is 5.97 Å². The second-order valence-corrected chi connectivity index (χ2v) is 3.42. The Bertz CT molecular complexity index is 346. The Hall–Kier alpha value is -1.10. The van der Waals surface area contributed by atoms with E-state index in [4.69, 9.17) is 16.7 Å². The summed E-state index contributed by atoms with van der Waals surface area (Å²) in [6.45, 7) is 0. The molecule has 1 aromatic rings. The third kappa shape index (κ3) is 1.29. The van der Waals surface area contributed by atoms with Crippen LogP contribution in [0.2, 0.25) is 5.15 Å². The fourth-order valence-electron chi connectivity index (χ4n) is 1.28. The molecule has 0 unspecified atom stereocenters. The molecule has 13 heavy (non-hydrogen) atoms. The standard InChI is InChI=1S/C7H8ClN3O2/c8-6-5(7(12)13)9-10-11(6)4-2-1-3-4/h4H,1-3H2,(H,12,13). The number of carboxylic acid groups (broad SMARTS) is 1. The highest BCUT2D eigenvalue weighted by molar-refractivity contribution is 6.32. The van der Waals surface area contributed by atoms with Gasteiger partial charge in [0.1, 0.15) is 0 Å². The van der Waals surface area contributed by atoms with Gasteiger partial charge in [-0.05, 0) is 19.3 Å². The molecule has 1 heterocycles. The van der Waals surface area contributed by atoms with Gasteiger partial charge in [0.15, 0.2) is 5.15 Å². The molecule has 1 aromatic heterocycles. The largest absolute Gasteiger partial charge is 0.476 e. The number of aromatic nitrogens is 3. The van der Waals surface area contributed by atoms with E-state index in [2.05, 4.69) is 10.3 Å².